The summed E-state index contributed by atoms with van der Waals surface area (Å²) < 4.78 is 14.0. The molecular weight excluding hydrogens is 489 g/mol. The van der Waals surface area contributed by atoms with Gasteiger partial charge in [-0.3, -0.25) is 0 Å². The molecule has 4 aromatic rings. The minimum atomic E-state index is -0.382. The van der Waals surface area contributed by atoms with Crippen LogP contribution in [0.3, 0.4) is 0 Å². The standard InChI is InChI=1S/C23H18Cl3N3O2S/c1-13-10-29(12-27-13)23-20(26)19(25)21(31-23)14-4-8-17(9-5-14)30-18-11-32-22(28-18)15-2-6-16(24)7-3-15/h2-12,19-21,23H,1H3/t19-,20?,21?,23?/m0/s1. The van der Waals surface area contributed by atoms with Crippen LogP contribution in [0.4, 0.5) is 0 Å². The van der Waals surface area contributed by atoms with Gasteiger partial charge in [-0.15, -0.1) is 34.5 Å². The fourth-order valence-electron chi connectivity index (χ4n) is 3.58. The Bertz CT molecular complexity index is 1210. The van der Waals surface area contributed by atoms with E-state index in [0.717, 1.165) is 21.8 Å². The molecule has 1 saturated heterocycles. The highest BCUT2D eigenvalue weighted by Crippen LogP contribution is 2.45. The molecule has 0 radical (unpaired) electrons. The number of rotatable bonds is 5. The molecule has 9 heteroatoms. The van der Waals surface area contributed by atoms with Crippen molar-refractivity contribution in [3.63, 3.8) is 0 Å². The number of alkyl halides is 2. The van der Waals surface area contributed by atoms with E-state index in [1.54, 1.807) is 6.33 Å². The Hall–Kier alpha value is -2.09. The predicted octanol–water partition coefficient (Wildman–Crippen LogP) is 7.25. The quantitative estimate of drug-likeness (QED) is 0.268. The molecule has 1 aliphatic heterocycles. The summed E-state index contributed by atoms with van der Waals surface area (Å²) >= 11 is 20.7. The number of nitrogens with zero attached hydrogens (tertiary/aromatic N) is 3. The lowest BCUT2D eigenvalue weighted by Crippen LogP contribution is -2.19. The van der Waals surface area contributed by atoms with Crippen LogP contribution in [-0.2, 0) is 4.74 Å². The smallest absolute Gasteiger partial charge is 0.230 e. The first-order valence-corrected chi connectivity index (χ1v) is 12.0. The number of aryl methyl sites for hydroxylation is 1. The van der Waals surface area contributed by atoms with Gasteiger partial charge < -0.3 is 14.0 Å². The van der Waals surface area contributed by atoms with Crippen LogP contribution in [0, 0.1) is 6.92 Å². The molecular formula is C23H18Cl3N3O2S. The van der Waals surface area contributed by atoms with Crippen molar-refractivity contribution < 1.29 is 9.47 Å². The average Bonchev–Trinajstić information content (AvgIpc) is 3.50. The maximum absolute atomic E-state index is 6.62. The number of hydrogen-bond donors (Lipinski definition) is 0. The third kappa shape index (κ3) is 4.38. The van der Waals surface area contributed by atoms with Crippen LogP contribution in [0.15, 0.2) is 66.4 Å². The summed E-state index contributed by atoms with van der Waals surface area (Å²) in [4.78, 5) is 8.80. The van der Waals surface area contributed by atoms with Crippen molar-refractivity contribution in [1.82, 2.24) is 14.5 Å². The summed E-state index contributed by atoms with van der Waals surface area (Å²) in [5.74, 6) is 1.21. The molecule has 4 atom stereocenters. The van der Waals surface area contributed by atoms with Gasteiger partial charge in [0, 0.05) is 16.8 Å². The van der Waals surface area contributed by atoms with Crippen molar-refractivity contribution in [1.29, 1.82) is 0 Å². The van der Waals surface area contributed by atoms with Crippen molar-refractivity contribution >= 4 is 46.1 Å². The first-order valence-electron chi connectivity index (χ1n) is 9.91. The van der Waals surface area contributed by atoms with E-state index in [1.807, 2.05) is 71.6 Å². The third-order valence-corrected chi connectivity index (χ3v) is 7.42. The van der Waals surface area contributed by atoms with Gasteiger partial charge in [0.25, 0.3) is 0 Å². The Balaban J connectivity index is 1.28. The topological polar surface area (TPSA) is 49.2 Å². The SMILES string of the molecule is Cc1cn(C2OC(c3ccc(Oc4csc(-c5ccc(Cl)cc5)n4)cc3)[C@@H](Cl)C2Cl)cn1. The normalized spacial score (nSPS) is 22.9. The van der Waals surface area contributed by atoms with E-state index in [9.17, 15) is 0 Å². The predicted molar refractivity (Wildman–Crippen MR) is 128 cm³/mol. The fraction of sp³-hybridized carbons (Fsp3) is 0.217. The van der Waals surface area contributed by atoms with Gasteiger partial charge in [-0.2, -0.15) is 0 Å². The van der Waals surface area contributed by atoms with Crippen molar-refractivity contribution in [2.75, 3.05) is 0 Å². The van der Waals surface area contributed by atoms with Crippen molar-refractivity contribution in [3.05, 3.63) is 82.7 Å². The van der Waals surface area contributed by atoms with Gasteiger partial charge in [0.05, 0.1) is 28.2 Å². The van der Waals surface area contributed by atoms with Crippen molar-refractivity contribution in [3.8, 4) is 22.2 Å². The second kappa shape index (κ2) is 9.04. The first-order chi connectivity index (χ1) is 15.5. The Morgan fingerprint density at radius 1 is 1.03 bits per heavy atom. The van der Waals surface area contributed by atoms with Crippen LogP contribution in [0.25, 0.3) is 10.6 Å². The minimum Gasteiger partial charge on any atom is -0.438 e. The van der Waals surface area contributed by atoms with Crippen LogP contribution in [0.2, 0.25) is 5.02 Å². The molecule has 0 spiro atoms. The highest BCUT2D eigenvalue weighted by molar-refractivity contribution is 7.13. The van der Waals surface area contributed by atoms with E-state index in [4.69, 9.17) is 44.3 Å². The van der Waals surface area contributed by atoms with Crippen LogP contribution in [0.5, 0.6) is 11.6 Å². The summed E-state index contributed by atoms with van der Waals surface area (Å²) in [6, 6.07) is 15.2. The van der Waals surface area contributed by atoms with E-state index >= 15 is 0 Å². The zero-order chi connectivity index (χ0) is 22.2. The fourth-order valence-corrected chi connectivity index (χ4v) is 5.08. The number of hydrogen-bond acceptors (Lipinski definition) is 5. The molecule has 3 unspecified atom stereocenters. The van der Waals surface area contributed by atoms with Crippen molar-refractivity contribution in [2.24, 2.45) is 0 Å². The summed E-state index contributed by atoms with van der Waals surface area (Å²) in [6.07, 6.45) is 2.90. The lowest BCUT2D eigenvalue weighted by molar-refractivity contribution is 0.00253. The van der Waals surface area contributed by atoms with E-state index in [-0.39, 0.29) is 23.1 Å². The van der Waals surface area contributed by atoms with Gasteiger partial charge in [-0.1, -0.05) is 35.9 Å². The maximum Gasteiger partial charge on any atom is 0.230 e. The van der Waals surface area contributed by atoms with E-state index < -0.39 is 0 Å². The summed E-state index contributed by atoms with van der Waals surface area (Å²) in [5, 5.41) is 2.68. The van der Waals surface area contributed by atoms with Crippen LogP contribution >= 0.6 is 46.1 Å². The minimum absolute atomic E-state index is 0.336. The molecule has 1 fully saturated rings. The molecule has 0 bridgehead atoms. The number of aromatic nitrogens is 3. The molecule has 5 nitrogen and oxygen atoms in total. The van der Waals surface area contributed by atoms with Gasteiger partial charge in [0.15, 0.2) is 6.23 Å². The summed E-state index contributed by atoms with van der Waals surface area (Å²) in [6.45, 7) is 1.92. The first kappa shape index (κ1) is 21.7. The molecule has 0 aliphatic carbocycles. The van der Waals surface area contributed by atoms with Crippen LogP contribution < -0.4 is 4.74 Å². The molecule has 5 rings (SSSR count). The number of imidazole rings is 1. The number of ether oxygens (including phenoxy) is 2. The Labute approximate surface area is 204 Å². The Kier molecular flexibility index (Phi) is 6.14. The van der Waals surface area contributed by atoms with Gasteiger partial charge in [-0.05, 0) is 36.8 Å². The van der Waals surface area contributed by atoms with Gasteiger partial charge >= 0.3 is 0 Å². The average molecular weight is 507 g/mol. The highest BCUT2D eigenvalue weighted by atomic mass is 35.5. The summed E-state index contributed by atoms with van der Waals surface area (Å²) in [7, 11) is 0. The van der Waals surface area contributed by atoms with Gasteiger partial charge in [0.2, 0.25) is 5.88 Å². The lowest BCUT2D eigenvalue weighted by Gasteiger charge is -2.16. The van der Waals surface area contributed by atoms with Gasteiger partial charge in [-0.25, -0.2) is 9.97 Å². The second-order valence-corrected chi connectivity index (χ2v) is 9.77. The molecule has 2 aromatic heterocycles. The third-order valence-electron chi connectivity index (χ3n) is 5.18. The van der Waals surface area contributed by atoms with Crippen LogP contribution in [0.1, 0.15) is 23.6 Å². The largest absolute Gasteiger partial charge is 0.438 e. The molecule has 2 aromatic carbocycles. The lowest BCUT2D eigenvalue weighted by atomic mass is 10.1. The molecule has 3 heterocycles. The molecule has 0 saturated carbocycles. The molecule has 164 valence electrons. The van der Waals surface area contributed by atoms with Gasteiger partial charge in [0.1, 0.15) is 16.9 Å². The molecule has 0 amide bonds. The number of thiazole rings is 1. The highest BCUT2D eigenvalue weighted by Gasteiger charge is 2.44. The van der Waals surface area contributed by atoms with E-state index in [1.165, 1.54) is 11.3 Å². The zero-order valence-electron chi connectivity index (χ0n) is 16.9. The van der Waals surface area contributed by atoms with Crippen LogP contribution in [-0.4, -0.2) is 25.3 Å². The number of halogens is 3. The number of benzene rings is 2. The monoisotopic (exact) mass is 505 g/mol. The maximum atomic E-state index is 6.62. The Morgan fingerprint density at radius 2 is 1.78 bits per heavy atom. The zero-order valence-corrected chi connectivity index (χ0v) is 19.9. The molecule has 32 heavy (non-hydrogen) atoms. The Morgan fingerprint density at radius 3 is 2.47 bits per heavy atom. The second-order valence-electron chi connectivity index (χ2n) is 7.47. The van der Waals surface area contributed by atoms with E-state index in [2.05, 4.69) is 9.97 Å². The van der Waals surface area contributed by atoms with E-state index in [0.29, 0.717) is 16.7 Å². The molecule has 1 aliphatic rings. The van der Waals surface area contributed by atoms with Crippen molar-refractivity contribution in [2.45, 2.75) is 30.0 Å². The summed E-state index contributed by atoms with van der Waals surface area (Å²) in [5.41, 5.74) is 2.83. The molecule has 0 N–H and O–H groups in total.